The topological polar surface area (TPSA) is 35.5 Å². The third-order valence-electron chi connectivity index (χ3n) is 5.76. The van der Waals surface area contributed by atoms with E-state index in [1.807, 2.05) is 0 Å². The molecule has 2 heterocycles. The van der Waals surface area contributed by atoms with Crippen molar-refractivity contribution in [2.75, 3.05) is 33.9 Å². The molecule has 0 aliphatic carbocycles. The van der Waals surface area contributed by atoms with E-state index in [-0.39, 0.29) is 29.9 Å². The molecular weight excluding hydrogens is 417 g/mol. The van der Waals surface area contributed by atoms with E-state index in [1.54, 1.807) is 31.4 Å². The normalized spacial score (nSPS) is 29.1. The lowest BCUT2D eigenvalue weighted by Crippen LogP contribution is -3.00. The van der Waals surface area contributed by atoms with Crippen molar-refractivity contribution in [1.29, 1.82) is 0 Å². The molecule has 0 N–H and O–H groups in total. The Morgan fingerprint density at radius 3 is 2.54 bits per heavy atom. The maximum absolute atomic E-state index is 12.3. The molecule has 0 bridgehead atoms. The average Bonchev–Trinajstić information content (AvgIpc) is 2.59. The van der Waals surface area contributed by atoms with Gasteiger partial charge in [0.25, 0.3) is 0 Å². The van der Waals surface area contributed by atoms with Gasteiger partial charge < -0.3 is 37.9 Å². The summed E-state index contributed by atoms with van der Waals surface area (Å²) in [7, 11) is 4.01. The van der Waals surface area contributed by atoms with E-state index in [1.165, 1.54) is 49.7 Å². The van der Waals surface area contributed by atoms with Crippen LogP contribution in [-0.2, 0) is 4.74 Å². The van der Waals surface area contributed by atoms with E-state index in [4.69, 9.17) is 9.47 Å². The highest BCUT2D eigenvalue weighted by molar-refractivity contribution is 5.89. The minimum absolute atomic E-state index is 0. The number of nitrogens with zero attached hydrogens (tertiary/aromatic N) is 1. The number of esters is 1. The van der Waals surface area contributed by atoms with Crippen LogP contribution in [0.2, 0.25) is 0 Å². The van der Waals surface area contributed by atoms with Gasteiger partial charge in [-0.25, -0.2) is 4.79 Å². The maximum atomic E-state index is 12.3. The van der Waals surface area contributed by atoms with Crippen LogP contribution in [0.15, 0.2) is 24.3 Å². The molecule has 2 aliphatic rings. The number of fused-ring (bicyclic) bond motifs is 1. The lowest BCUT2D eigenvalue weighted by molar-refractivity contribution is -0.947. The smallest absolute Gasteiger partial charge is 0.338 e. The van der Waals surface area contributed by atoms with Gasteiger partial charge in [-0.2, -0.15) is 0 Å². The molecule has 3 rings (SSSR count). The first-order chi connectivity index (χ1) is 11.1. The van der Waals surface area contributed by atoms with Crippen molar-refractivity contribution in [3.63, 3.8) is 0 Å². The molecule has 1 aromatic carbocycles. The van der Waals surface area contributed by atoms with Crippen molar-refractivity contribution in [1.82, 2.24) is 0 Å². The predicted octanol–water partition coefficient (Wildman–Crippen LogP) is 0.265. The Balaban J connectivity index is 0.00000208. The molecule has 2 unspecified atom stereocenters. The van der Waals surface area contributed by atoms with Crippen LogP contribution in [0, 0.1) is 5.92 Å². The first-order valence-corrected chi connectivity index (χ1v) is 8.78. The minimum Gasteiger partial charge on any atom is -1.00 e. The Hall–Kier alpha value is -0.820. The molecule has 0 aromatic heterocycles. The van der Waals surface area contributed by atoms with Crippen LogP contribution in [0.5, 0.6) is 5.75 Å². The van der Waals surface area contributed by atoms with Gasteiger partial charge in [0.05, 0.1) is 38.9 Å². The van der Waals surface area contributed by atoms with Crippen LogP contribution in [-0.4, -0.2) is 50.3 Å². The quantitative estimate of drug-likeness (QED) is 0.379. The molecule has 24 heavy (non-hydrogen) atoms. The molecule has 0 spiro atoms. The second kappa shape index (κ2) is 8.52. The Labute approximate surface area is 162 Å². The number of rotatable bonds is 4. The zero-order valence-electron chi connectivity index (χ0n) is 14.7. The summed E-state index contributed by atoms with van der Waals surface area (Å²) in [4.78, 5) is 12.3. The Morgan fingerprint density at radius 1 is 1.12 bits per heavy atom. The van der Waals surface area contributed by atoms with Crippen LogP contribution in [0.25, 0.3) is 0 Å². The SMILES string of the molecule is COc1ccc(C(=O)OC[C@H]2CCC[N+]3(C)CCCCC23)cc1.[I-]. The fourth-order valence-corrected chi connectivity index (χ4v) is 4.42. The third-order valence-corrected chi connectivity index (χ3v) is 5.76. The number of carbonyl (C=O) groups is 1. The van der Waals surface area contributed by atoms with Crippen molar-refractivity contribution in [2.24, 2.45) is 5.92 Å². The van der Waals surface area contributed by atoms with Crippen molar-refractivity contribution in [3.05, 3.63) is 29.8 Å². The number of piperidine rings is 2. The van der Waals surface area contributed by atoms with Gasteiger partial charge >= 0.3 is 5.97 Å². The van der Waals surface area contributed by atoms with Crippen LogP contribution < -0.4 is 28.7 Å². The number of benzene rings is 1. The molecule has 0 amide bonds. The van der Waals surface area contributed by atoms with Gasteiger partial charge in [0.2, 0.25) is 0 Å². The highest BCUT2D eigenvalue weighted by Crippen LogP contribution is 2.36. The second-order valence-corrected chi connectivity index (χ2v) is 7.22. The van der Waals surface area contributed by atoms with Gasteiger partial charge in [0, 0.05) is 12.3 Å². The summed E-state index contributed by atoms with van der Waals surface area (Å²) in [6.07, 6.45) is 6.38. The average molecular weight is 445 g/mol. The minimum atomic E-state index is -0.219. The van der Waals surface area contributed by atoms with Gasteiger partial charge in [0.15, 0.2) is 0 Å². The summed E-state index contributed by atoms with van der Waals surface area (Å²) >= 11 is 0. The van der Waals surface area contributed by atoms with Gasteiger partial charge in [-0.15, -0.1) is 0 Å². The van der Waals surface area contributed by atoms with E-state index in [0.717, 1.165) is 5.75 Å². The third kappa shape index (κ3) is 4.23. The highest BCUT2D eigenvalue weighted by Gasteiger charge is 2.43. The zero-order valence-corrected chi connectivity index (χ0v) is 16.8. The number of methoxy groups -OCH3 is 1. The van der Waals surface area contributed by atoms with Gasteiger partial charge in [-0.1, -0.05) is 0 Å². The van der Waals surface area contributed by atoms with E-state index in [0.29, 0.717) is 24.1 Å². The summed E-state index contributed by atoms with van der Waals surface area (Å²) in [5.41, 5.74) is 0.600. The first-order valence-electron chi connectivity index (χ1n) is 8.78. The predicted molar refractivity (Wildman–Crippen MR) is 89.6 cm³/mol. The van der Waals surface area contributed by atoms with Gasteiger partial charge in [-0.3, -0.25) is 0 Å². The van der Waals surface area contributed by atoms with Crippen molar-refractivity contribution < 1.29 is 42.7 Å². The van der Waals surface area contributed by atoms with Crippen molar-refractivity contribution in [2.45, 2.75) is 38.1 Å². The number of halogens is 1. The Kier molecular flexibility index (Phi) is 6.92. The molecule has 5 heteroatoms. The van der Waals surface area contributed by atoms with Crippen LogP contribution in [0.1, 0.15) is 42.5 Å². The maximum Gasteiger partial charge on any atom is 0.338 e. The fraction of sp³-hybridized carbons (Fsp3) is 0.632. The monoisotopic (exact) mass is 445 g/mol. The largest absolute Gasteiger partial charge is 1.00 e. The number of hydrogen-bond acceptors (Lipinski definition) is 3. The number of carbonyl (C=O) groups excluding carboxylic acids is 1. The molecule has 134 valence electrons. The molecular formula is C19H28INO3. The standard InChI is InChI=1S/C19H28NO3.HI/c1-20-12-4-3-7-18(20)16(6-5-13-20)14-23-19(21)15-8-10-17(22-2)11-9-15;/h8-11,16,18H,3-7,12-14H2,1-2H3;1H/q+1;/p-1/t16-,18?,20?;/m1./s1. The van der Waals surface area contributed by atoms with Crippen LogP contribution in [0.4, 0.5) is 0 Å². The number of hydrogen-bond donors (Lipinski definition) is 0. The number of ether oxygens (including phenoxy) is 2. The molecule has 2 aliphatic heterocycles. The lowest BCUT2D eigenvalue weighted by Gasteiger charge is -2.51. The van der Waals surface area contributed by atoms with E-state index in [2.05, 4.69) is 7.05 Å². The molecule has 2 saturated heterocycles. The summed E-state index contributed by atoms with van der Waals surface area (Å²) in [6, 6.07) is 7.80. The van der Waals surface area contributed by atoms with Crippen molar-refractivity contribution in [3.8, 4) is 5.75 Å². The summed E-state index contributed by atoms with van der Waals surface area (Å²) in [5, 5.41) is 0. The molecule has 0 radical (unpaired) electrons. The summed E-state index contributed by atoms with van der Waals surface area (Å²) in [5.74, 6) is 1.04. The summed E-state index contributed by atoms with van der Waals surface area (Å²) < 4.78 is 12.0. The Morgan fingerprint density at radius 2 is 1.83 bits per heavy atom. The van der Waals surface area contributed by atoms with Crippen molar-refractivity contribution >= 4 is 5.97 Å². The molecule has 2 fully saturated rings. The van der Waals surface area contributed by atoms with Crippen LogP contribution in [0.3, 0.4) is 0 Å². The van der Waals surface area contributed by atoms with Gasteiger partial charge in [-0.05, 0) is 49.9 Å². The highest BCUT2D eigenvalue weighted by atomic mass is 127. The molecule has 4 nitrogen and oxygen atoms in total. The molecule has 0 saturated carbocycles. The van der Waals surface area contributed by atoms with Gasteiger partial charge in [0.1, 0.15) is 12.4 Å². The molecule has 1 aromatic rings. The van der Waals surface area contributed by atoms with E-state index in [9.17, 15) is 4.79 Å². The zero-order chi connectivity index (χ0) is 16.3. The summed E-state index contributed by atoms with van der Waals surface area (Å²) in [6.45, 7) is 3.13. The fourth-order valence-electron chi connectivity index (χ4n) is 4.42. The second-order valence-electron chi connectivity index (χ2n) is 7.22. The first kappa shape index (κ1) is 19.5. The van der Waals surface area contributed by atoms with Crippen LogP contribution >= 0.6 is 0 Å². The molecule has 3 atom stereocenters. The lowest BCUT2D eigenvalue weighted by atomic mass is 9.82. The Bertz CT molecular complexity index is 544. The van der Waals surface area contributed by atoms with E-state index < -0.39 is 0 Å². The van der Waals surface area contributed by atoms with E-state index >= 15 is 0 Å². The number of quaternary nitrogens is 1.